The second-order valence-corrected chi connectivity index (χ2v) is 6.50. The summed E-state index contributed by atoms with van der Waals surface area (Å²) >= 11 is 12.0. The van der Waals surface area contributed by atoms with Crippen LogP contribution in [0.3, 0.4) is 0 Å². The first-order valence-corrected chi connectivity index (χ1v) is 8.42. The van der Waals surface area contributed by atoms with Gasteiger partial charge in [-0.3, -0.25) is 0 Å². The number of hydrogen-bond donors (Lipinski definition) is 1. The van der Waals surface area contributed by atoms with Crippen LogP contribution in [-0.4, -0.2) is 24.0 Å². The predicted molar refractivity (Wildman–Crippen MR) is 94.1 cm³/mol. The van der Waals surface area contributed by atoms with E-state index < -0.39 is 0 Å². The van der Waals surface area contributed by atoms with Gasteiger partial charge in [-0.1, -0.05) is 53.5 Å². The van der Waals surface area contributed by atoms with Crippen molar-refractivity contribution in [2.75, 3.05) is 13.1 Å². The van der Waals surface area contributed by atoms with Gasteiger partial charge in [-0.05, 0) is 41.7 Å². The van der Waals surface area contributed by atoms with Gasteiger partial charge in [0.15, 0.2) is 0 Å². The third kappa shape index (κ3) is 3.98. The number of halogens is 2. The highest BCUT2D eigenvalue weighted by Gasteiger charge is 2.19. The van der Waals surface area contributed by atoms with Gasteiger partial charge in [-0.25, -0.2) is 4.79 Å². The van der Waals surface area contributed by atoms with Crippen LogP contribution in [0.15, 0.2) is 42.5 Å². The number of nitrogens with zero attached hydrogens (tertiary/aromatic N) is 1. The molecule has 0 fully saturated rings. The molecule has 0 aromatic heterocycles. The fraction of sp³-hybridized carbons (Fsp3) is 0.278. The van der Waals surface area contributed by atoms with Crippen LogP contribution < -0.4 is 5.32 Å². The molecular formula is C18H18Cl2N2O. The summed E-state index contributed by atoms with van der Waals surface area (Å²) in [4.78, 5) is 14.2. The van der Waals surface area contributed by atoms with Crippen molar-refractivity contribution in [2.24, 2.45) is 0 Å². The molecule has 0 aliphatic carbocycles. The van der Waals surface area contributed by atoms with E-state index in [1.807, 2.05) is 29.2 Å². The van der Waals surface area contributed by atoms with Crippen molar-refractivity contribution in [3.05, 3.63) is 69.2 Å². The molecule has 1 aliphatic heterocycles. The summed E-state index contributed by atoms with van der Waals surface area (Å²) < 4.78 is 0. The molecular weight excluding hydrogens is 331 g/mol. The summed E-state index contributed by atoms with van der Waals surface area (Å²) in [6.45, 7) is 1.98. The van der Waals surface area contributed by atoms with Crippen LogP contribution in [0.2, 0.25) is 10.0 Å². The highest BCUT2D eigenvalue weighted by atomic mass is 35.5. The number of nitrogens with one attached hydrogen (secondary N) is 1. The van der Waals surface area contributed by atoms with E-state index in [0.29, 0.717) is 29.6 Å². The number of hydrogen-bond acceptors (Lipinski definition) is 1. The van der Waals surface area contributed by atoms with E-state index >= 15 is 0 Å². The summed E-state index contributed by atoms with van der Waals surface area (Å²) in [5.41, 5.74) is 3.56. The second kappa shape index (κ2) is 7.24. The molecule has 0 saturated heterocycles. The number of fused-ring (bicyclic) bond motifs is 1. The number of carbonyl (C=O) groups is 1. The van der Waals surface area contributed by atoms with Crippen molar-refractivity contribution in [1.29, 1.82) is 0 Å². The van der Waals surface area contributed by atoms with Crippen LogP contribution >= 0.6 is 23.2 Å². The third-order valence-corrected chi connectivity index (χ3v) is 4.69. The Balaban J connectivity index is 1.52. The molecule has 5 heteroatoms. The molecule has 0 atom stereocenters. The molecule has 1 heterocycles. The van der Waals surface area contributed by atoms with Gasteiger partial charge in [0.25, 0.3) is 0 Å². The number of urea groups is 1. The van der Waals surface area contributed by atoms with Crippen LogP contribution in [0, 0.1) is 0 Å². The lowest BCUT2D eigenvalue weighted by Crippen LogP contribution is -2.43. The number of benzene rings is 2. The Bertz CT molecular complexity index is 718. The molecule has 1 aliphatic rings. The molecule has 0 bridgehead atoms. The molecule has 3 rings (SSSR count). The fourth-order valence-corrected chi connectivity index (χ4v) is 3.31. The number of carbonyl (C=O) groups excluding carboxylic acids is 1. The topological polar surface area (TPSA) is 32.3 Å². The fourth-order valence-electron chi connectivity index (χ4n) is 2.81. The molecule has 0 unspecified atom stereocenters. The summed E-state index contributed by atoms with van der Waals surface area (Å²) in [6, 6.07) is 13.7. The Morgan fingerprint density at radius 3 is 2.70 bits per heavy atom. The lowest BCUT2D eigenvalue weighted by Gasteiger charge is -2.29. The van der Waals surface area contributed by atoms with Gasteiger partial charge in [0, 0.05) is 29.7 Å². The van der Waals surface area contributed by atoms with E-state index in [4.69, 9.17) is 23.2 Å². The zero-order chi connectivity index (χ0) is 16.2. The van der Waals surface area contributed by atoms with Crippen molar-refractivity contribution in [1.82, 2.24) is 10.2 Å². The van der Waals surface area contributed by atoms with Crippen LogP contribution in [0.25, 0.3) is 0 Å². The van der Waals surface area contributed by atoms with Crippen molar-refractivity contribution < 1.29 is 4.79 Å². The lowest BCUT2D eigenvalue weighted by molar-refractivity contribution is 0.192. The van der Waals surface area contributed by atoms with Crippen LogP contribution in [0.1, 0.15) is 16.7 Å². The Hall–Kier alpha value is -1.71. The first kappa shape index (κ1) is 16.2. The maximum absolute atomic E-state index is 12.3. The van der Waals surface area contributed by atoms with Gasteiger partial charge >= 0.3 is 6.03 Å². The van der Waals surface area contributed by atoms with Crippen molar-refractivity contribution in [3.63, 3.8) is 0 Å². The highest BCUT2D eigenvalue weighted by molar-refractivity contribution is 6.35. The van der Waals surface area contributed by atoms with E-state index in [0.717, 1.165) is 18.5 Å². The van der Waals surface area contributed by atoms with Crippen LogP contribution in [-0.2, 0) is 19.4 Å². The minimum Gasteiger partial charge on any atom is -0.338 e. The van der Waals surface area contributed by atoms with Gasteiger partial charge in [0.1, 0.15) is 0 Å². The molecule has 23 heavy (non-hydrogen) atoms. The molecule has 2 aromatic carbocycles. The SMILES string of the molecule is O=C(NCCc1ccc(Cl)cc1Cl)N1CCc2ccccc2C1. The third-order valence-electron chi connectivity index (χ3n) is 4.10. The summed E-state index contributed by atoms with van der Waals surface area (Å²) in [5, 5.41) is 4.23. The first-order valence-electron chi connectivity index (χ1n) is 7.67. The van der Waals surface area contributed by atoms with Crippen molar-refractivity contribution >= 4 is 29.2 Å². The number of rotatable bonds is 3. The Morgan fingerprint density at radius 2 is 1.91 bits per heavy atom. The summed E-state index contributed by atoms with van der Waals surface area (Å²) in [5.74, 6) is 0. The normalized spacial score (nSPS) is 13.6. The van der Waals surface area contributed by atoms with Gasteiger partial charge in [-0.2, -0.15) is 0 Å². The molecule has 1 N–H and O–H groups in total. The van der Waals surface area contributed by atoms with Crippen LogP contribution in [0.4, 0.5) is 4.79 Å². The lowest BCUT2D eigenvalue weighted by atomic mass is 10.0. The minimum atomic E-state index is -0.0235. The maximum atomic E-state index is 12.3. The van der Waals surface area contributed by atoms with Crippen LogP contribution in [0.5, 0.6) is 0 Å². The standard InChI is InChI=1S/C18H18Cl2N2O/c19-16-6-5-14(17(20)11-16)7-9-21-18(23)22-10-8-13-3-1-2-4-15(13)12-22/h1-6,11H,7-10,12H2,(H,21,23). The molecule has 2 aromatic rings. The summed E-state index contributed by atoms with van der Waals surface area (Å²) in [6.07, 6.45) is 1.60. The number of amides is 2. The maximum Gasteiger partial charge on any atom is 0.317 e. The average Bonchev–Trinajstić information content (AvgIpc) is 2.56. The van der Waals surface area contributed by atoms with Crippen molar-refractivity contribution in [2.45, 2.75) is 19.4 Å². The largest absolute Gasteiger partial charge is 0.338 e. The molecule has 0 saturated carbocycles. The summed E-state index contributed by atoms with van der Waals surface area (Å²) in [7, 11) is 0. The average molecular weight is 349 g/mol. The first-order chi connectivity index (χ1) is 11.1. The highest BCUT2D eigenvalue weighted by Crippen LogP contribution is 2.21. The molecule has 2 amide bonds. The van der Waals surface area contributed by atoms with Gasteiger partial charge in [-0.15, -0.1) is 0 Å². The Morgan fingerprint density at radius 1 is 1.13 bits per heavy atom. The minimum absolute atomic E-state index is 0.0235. The molecule has 0 spiro atoms. The zero-order valence-corrected chi connectivity index (χ0v) is 14.2. The molecule has 120 valence electrons. The Labute approximate surface area is 146 Å². The van der Waals surface area contributed by atoms with E-state index in [9.17, 15) is 4.79 Å². The molecule has 0 radical (unpaired) electrons. The van der Waals surface area contributed by atoms with Gasteiger partial charge < -0.3 is 10.2 Å². The van der Waals surface area contributed by atoms with Gasteiger partial charge in [0.2, 0.25) is 0 Å². The molecule has 3 nitrogen and oxygen atoms in total. The van der Waals surface area contributed by atoms with E-state index in [-0.39, 0.29) is 6.03 Å². The zero-order valence-electron chi connectivity index (χ0n) is 12.7. The second-order valence-electron chi connectivity index (χ2n) is 5.66. The predicted octanol–water partition coefficient (Wildman–Crippen LogP) is 4.30. The van der Waals surface area contributed by atoms with Gasteiger partial charge in [0.05, 0.1) is 0 Å². The smallest absolute Gasteiger partial charge is 0.317 e. The monoisotopic (exact) mass is 348 g/mol. The Kier molecular flexibility index (Phi) is 5.09. The van der Waals surface area contributed by atoms with E-state index in [1.165, 1.54) is 11.1 Å². The van der Waals surface area contributed by atoms with E-state index in [1.54, 1.807) is 6.07 Å². The van der Waals surface area contributed by atoms with Crippen molar-refractivity contribution in [3.8, 4) is 0 Å². The van der Waals surface area contributed by atoms with E-state index in [2.05, 4.69) is 17.4 Å². The quantitative estimate of drug-likeness (QED) is 0.880.